The summed E-state index contributed by atoms with van der Waals surface area (Å²) in [6.07, 6.45) is 4.69. The van der Waals surface area contributed by atoms with Gasteiger partial charge < -0.3 is 9.72 Å². The Morgan fingerprint density at radius 3 is 2.86 bits per heavy atom. The fourth-order valence-corrected chi connectivity index (χ4v) is 2.50. The van der Waals surface area contributed by atoms with Crippen molar-refractivity contribution in [3.63, 3.8) is 0 Å². The lowest BCUT2D eigenvalue weighted by Crippen LogP contribution is -2.26. The van der Waals surface area contributed by atoms with Crippen LogP contribution in [0.15, 0.2) is 48.8 Å². The summed E-state index contributed by atoms with van der Waals surface area (Å²) >= 11 is 0. The van der Waals surface area contributed by atoms with E-state index in [2.05, 4.69) is 10.3 Å². The molecule has 1 aromatic carbocycles. The lowest BCUT2D eigenvalue weighted by molar-refractivity contribution is 0.0953. The highest BCUT2D eigenvalue weighted by atomic mass is 16.1. The van der Waals surface area contributed by atoms with E-state index in [9.17, 15) is 4.79 Å². The van der Waals surface area contributed by atoms with E-state index in [1.807, 2.05) is 67.0 Å². The van der Waals surface area contributed by atoms with E-state index >= 15 is 0 Å². The van der Waals surface area contributed by atoms with Gasteiger partial charge in [0.05, 0.1) is 5.69 Å². The van der Waals surface area contributed by atoms with Crippen molar-refractivity contribution < 1.29 is 4.79 Å². The molecule has 1 amide bonds. The van der Waals surface area contributed by atoms with Crippen LogP contribution >= 0.6 is 0 Å². The highest BCUT2D eigenvalue weighted by molar-refractivity contribution is 5.95. The van der Waals surface area contributed by atoms with Crippen LogP contribution in [0.1, 0.15) is 27.2 Å². The van der Waals surface area contributed by atoms with Gasteiger partial charge in [0, 0.05) is 30.9 Å². The Kier molecular flexibility index (Phi) is 3.92. The number of pyridine rings is 1. The number of carbonyl (C=O) groups is 1. The minimum Gasteiger partial charge on any atom is -0.352 e. The van der Waals surface area contributed by atoms with Gasteiger partial charge >= 0.3 is 0 Å². The van der Waals surface area contributed by atoms with E-state index in [4.69, 9.17) is 0 Å². The van der Waals surface area contributed by atoms with Crippen LogP contribution in [0.5, 0.6) is 0 Å². The summed E-state index contributed by atoms with van der Waals surface area (Å²) in [5.41, 5.74) is 4.82. The molecule has 0 bridgehead atoms. The van der Waals surface area contributed by atoms with Crippen LogP contribution in [0.4, 0.5) is 0 Å². The molecule has 3 rings (SSSR count). The quantitative estimate of drug-likeness (QED) is 0.804. The molecule has 0 fully saturated rings. The summed E-state index contributed by atoms with van der Waals surface area (Å²) in [4.78, 5) is 16.8. The Hall–Kier alpha value is -2.62. The van der Waals surface area contributed by atoms with E-state index < -0.39 is 0 Å². The van der Waals surface area contributed by atoms with Gasteiger partial charge in [-0.2, -0.15) is 0 Å². The first kappa shape index (κ1) is 14.3. The third kappa shape index (κ3) is 2.86. The van der Waals surface area contributed by atoms with Gasteiger partial charge in [-0.3, -0.25) is 4.79 Å². The van der Waals surface area contributed by atoms with Crippen molar-refractivity contribution in [2.45, 2.75) is 20.3 Å². The smallest absolute Gasteiger partial charge is 0.251 e. The van der Waals surface area contributed by atoms with Crippen molar-refractivity contribution in [3.05, 3.63) is 71.2 Å². The van der Waals surface area contributed by atoms with Crippen molar-refractivity contribution >= 4 is 11.6 Å². The number of imidazole rings is 1. The first-order valence-corrected chi connectivity index (χ1v) is 7.42. The van der Waals surface area contributed by atoms with E-state index in [-0.39, 0.29) is 5.91 Å². The van der Waals surface area contributed by atoms with Crippen LogP contribution in [0.25, 0.3) is 5.65 Å². The Labute approximate surface area is 129 Å². The fourth-order valence-electron chi connectivity index (χ4n) is 2.50. The van der Waals surface area contributed by atoms with Crippen LogP contribution in [-0.2, 0) is 6.42 Å². The van der Waals surface area contributed by atoms with Crippen molar-refractivity contribution in [1.82, 2.24) is 14.7 Å². The number of benzene rings is 1. The zero-order valence-electron chi connectivity index (χ0n) is 12.8. The molecule has 0 unspecified atom stereocenters. The molecule has 4 nitrogen and oxygen atoms in total. The molecule has 0 spiro atoms. The number of amides is 1. The molecule has 0 saturated carbocycles. The van der Waals surface area contributed by atoms with Gasteiger partial charge in [0.2, 0.25) is 0 Å². The number of nitrogens with one attached hydrogen (secondary N) is 1. The Bertz CT molecular complexity index is 787. The van der Waals surface area contributed by atoms with Crippen molar-refractivity contribution in [2.24, 2.45) is 0 Å². The number of hydrogen-bond donors (Lipinski definition) is 1. The van der Waals surface area contributed by atoms with E-state index in [0.717, 1.165) is 34.5 Å². The standard InChI is InChI=1S/C18H19N3O/c1-13-6-5-7-16(14(13)2)18(22)19-10-9-15-12-21-11-4-3-8-17(21)20-15/h3-8,11-12H,9-10H2,1-2H3,(H,19,22). The highest BCUT2D eigenvalue weighted by Crippen LogP contribution is 2.12. The first-order valence-electron chi connectivity index (χ1n) is 7.42. The Balaban J connectivity index is 1.63. The van der Waals surface area contributed by atoms with Crippen LogP contribution in [-0.4, -0.2) is 21.8 Å². The number of hydrogen-bond acceptors (Lipinski definition) is 2. The Morgan fingerprint density at radius 1 is 1.18 bits per heavy atom. The summed E-state index contributed by atoms with van der Waals surface area (Å²) in [6, 6.07) is 11.7. The Morgan fingerprint density at radius 2 is 2.05 bits per heavy atom. The molecule has 0 aliphatic heterocycles. The number of carbonyl (C=O) groups excluding carboxylic acids is 1. The van der Waals surface area contributed by atoms with Gasteiger partial charge in [-0.1, -0.05) is 18.2 Å². The number of fused-ring (bicyclic) bond motifs is 1. The largest absolute Gasteiger partial charge is 0.352 e. The molecule has 4 heteroatoms. The first-order chi connectivity index (χ1) is 10.6. The molecule has 2 aromatic heterocycles. The molecule has 0 saturated heterocycles. The normalized spacial score (nSPS) is 10.8. The van der Waals surface area contributed by atoms with Gasteiger partial charge in [0.1, 0.15) is 5.65 Å². The average molecular weight is 293 g/mol. The summed E-state index contributed by atoms with van der Waals surface area (Å²) in [5.74, 6) is -0.0232. The second-order valence-corrected chi connectivity index (χ2v) is 5.45. The predicted octanol–water partition coefficient (Wildman–Crippen LogP) is 2.92. The number of aromatic nitrogens is 2. The molecule has 22 heavy (non-hydrogen) atoms. The van der Waals surface area contributed by atoms with Crippen LogP contribution in [0, 0.1) is 13.8 Å². The average Bonchev–Trinajstić information content (AvgIpc) is 2.92. The summed E-state index contributed by atoms with van der Waals surface area (Å²) in [6.45, 7) is 4.57. The molecule has 0 aliphatic rings. The lowest BCUT2D eigenvalue weighted by Gasteiger charge is -2.08. The molecular weight excluding hydrogens is 274 g/mol. The topological polar surface area (TPSA) is 46.4 Å². The maximum absolute atomic E-state index is 12.2. The second-order valence-electron chi connectivity index (χ2n) is 5.45. The van der Waals surface area contributed by atoms with Gasteiger partial charge in [0.15, 0.2) is 0 Å². The SMILES string of the molecule is Cc1cccc(C(=O)NCCc2cn3ccccc3n2)c1C. The number of rotatable bonds is 4. The molecule has 0 atom stereocenters. The predicted molar refractivity (Wildman–Crippen MR) is 87.1 cm³/mol. The number of aryl methyl sites for hydroxylation is 1. The maximum Gasteiger partial charge on any atom is 0.251 e. The van der Waals surface area contributed by atoms with Crippen molar-refractivity contribution in [3.8, 4) is 0 Å². The van der Waals surface area contributed by atoms with E-state index in [1.54, 1.807) is 0 Å². The molecule has 1 N–H and O–H groups in total. The fraction of sp³-hybridized carbons (Fsp3) is 0.222. The number of nitrogens with zero attached hydrogens (tertiary/aromatic N) is 2. The van der Waals surface area contributed by atoms with Crippen molar-refractivity contribution in [2.75, 3.05) is 6.54 Å². The molecule has 112 valence electrons. The monoisotopic (exact) mass is 293 g/mol. The van der Waals surface area contributed by atoms with Crippen molar-refractivity contribution in [1.29, 1.82) is 0 Å². The van der Waals surface area contributed by atoms with Gasteiger partial charge in [-0.15, -0.1) is 0 Å². The maximum atomic E-state index is 12.2. The zero-order chi connectivity index (χ0) is 15.5. The third-order valence-electron chi connectivity index (χ3n) is 3.93. The van der Waals surface area contributed by atoms with Crippen LogP contribution < -0.4 is 5.32 Å². The van der Waals surface area contributed by atoms with Crippen LogP contribution in [0.3, 0.4) is 0 Å². The van der Waals surface area contributed by atoms with E-state index in [0.29, 0.717) is 6.54 Å². The lowest BCUT2D eigenvalue weighted by atomic mass is 10.0. The van der Waals surface area contributed by atoms with Gasteiger partial charge in [0.25, 0.3) is 5.91 Å². The summed E-state index contributed by atoms with van der Waals surface area (Å²) < 4.78 is 1.99. The van der Waals surface area contributed by atoms with Gasteiger partial charge in [-0.25, -0.2) is 4.98 Å². The van der Waals surface area contributed by atoms with Crippen LogP contribution in [0.2, 0.25) is 0 Å². The summed E-state index contributed by atoms with van der Waals surface area (Å²) in [7, 11) is 0. The molecule has 2 heterocycles. The molecule has 0 aliphatic carbocycles. The highest BCUT2D eigenvalue weighted by Gasteiger charge is 2.09. The molecule has 3 aromatic rings. The third-order valence-corrected chi connectivity index (χ3v) is 3.93. The molecule has 0 radical (unpaired) electrons. The van der Waals surface area contributed by atoms with Gasteiger partial charge in [-0.05, 0) is 43.2 Å². The van der Waals surface area contributed by atoms with E-state index in [1.165, 1.54) is 0 Å². The zero-order valence-corrected chi connectivity index (χ0v) is 12.8. The minimum absolute atomic E-state index is 0.0232. The molecular formula is C18H19N3O. The summed E-state index contributed by atoms with van der Waals surface area (Å²) in [5, 5.41) is 2.97. The second kappa shape index (κ2) is 6.02. The minimum atomic E-state index is -0.0232.